The number of para-hydroxylation sites is 1. The Morgan fingerprint density at radius 3 is 2.61 bits per heavy atom. The van der Waals surface area contributed by atoms with Crippen LogP contribution in [0, 0.1) is 12.7 Å². The van der Waals surface area contributed by atoms with E-state index in [2.05, 4.69) is 15.5 Å². The lowest BCUT2D eigenvalue weighted by Gasteiger charge is -2.05. The number of hydrogen-bond acceptors (Lipinski definition) is 3. The fourth-order valence-corrected chi connectivity index (χ4v) is 2.20. The van der Waals surface area contributed by atoms with E-state index in [1.807, 2.05) is 30.3 Å². The Balaban J connectivity index is 1.87. The van der Waals surface area contributed by atoms with Crippen LogP contribution in [-0.4, -0.2) is 20.9 Å². The van der Waals surface area contributed by atoms with Crippen LogP contribution in [0.1, 0.15) is 16.2 Å². The maximum Gasteiger partial charge on any atom is 0.278 e. The molecule has 0 bridgehead atoms. The van der Waals surface area contributed by atoms with Crippen LogP contribution < -0.4 is 5.32 Å². The van der Waals surface area contributed by atoms with Crippen molar-refractivity contribution in [1.82, 2.24) is 15.0 Å². The molecule has 0 aliphatic carbocycles. The number of nitrogens with one attached hydrogen (secondary N) is 1. The molecule has 1 N–H and O–H groups in total. The smallest absolute Gasteiger partial charge is 0.278 e. The van der Waals surface area contributed by atoms with Gasteiger partial charge in [0, 0.05) is 5.02 Å². The topological polar surface area (TPSA) is 59.8 Å². The van der Waals surface area contributed by atoms with Crippen LogP contribution >= 0.6 is 11.6 Å². The highest BCUT2D eigenvalue weighted by Gasteiger charge is 2.17. The number of halogens is 2. The first kappa shape index (κ1) is 15.2. The van der Waals surface area contributed by atoms with Gasteiger partial charge < -0.3 is 5.32 Å². The van der Waals surface area contributed by atoms with Gasteiger partial charge in [0.15, 0.2) is 5.69 Å². The van der Waals surface area contributed by atoms with Crippen molar-refractivity contribution in [3.63, 3.8) is 0 Å². The predicted octanol–water partition coefficient (Wildman–Crippen LogP) is 3.62. The van der Waals surface area contributed by atoms with E-state index in [4.69, 9.17) is 11.6 Å². The molecule has 2 aromatic carbocycles. The summed E-state index contributed by atoms with van der Waals surface area (Å²) in [6.45, 7) is 1.67. The first-order valence-corrected chi connectivity index (χ1v) is 7.18. The molecule has 5 nitrogen and oxygen atoms in total. The standard InChI is InChI=1S/C16H12ClFN4O/c1-10-15(21-22(20-10)12-5-3-2-4-6-12)16(23)19-14-8-7-11(17)9-13(14)18/h2-9H,1H3,(H,19,23). The number of nitrogens with zero attached hydrogens (tertiary/aromatic N) is 3. The van der Waals surface area contributed by atoms with Gasteiger partial charge in [0.25, 0.3) is 5.91 Å². The van der Waals surface area contributed by atoms with Crippen molar-refractivity contribution in [2.24, 2.45) is 0 Å². The van der Waals surface area contributed by atoms with Crippen molar-refractivity contribution >= 4 is 23.2 Å². The van der Waals surface area contributed by atoms with E-state index < -0.39 is 11.7 Å². The summed E-state index contributed by atoms with van der Waals surface area (Å²) in [4.78, 5) is 13.7. The molecule has 0 atom stereocenters. The van der Waals surface area contributed by atoms with Gasteiger partial charge in [-0.1, -0.05) is 29.8 Å². The Bertz CT molecular complexity index is 864. The van der Waals surface area contributed by atoms with Crippen molar-refractivity contribution in [2.75, 3.05) is 5.32 Å². The van der Waals surface area contributed by atoms with E-state index >= 15 is 0 Å². The SMILES string of the molecule is Cc1nn(-c2ccccc2)nc1C(=O)Nc1ccc(Cl)cc1F. The highest BCUT2D eigenvalue weighted by Crippen LogP contribution is 2.20. The molecule has 3 rings (SSSR count). The molecule has 23 heavy (non-hydrogen) atoms. The van der Waals surface area contributed by atoms with E-state index in [1.165, 1.54) is 16.9 Å². The first-order chi connectivity index (χ1) is 11.0. The van der Waals surface area contributed by atoms with Crippen molar-refractivity contribution in [2.45, 2.75) is 6.92 Å². The van der Waals surface area contributed by atoms with Crippen LogP contribution in [0.25, 0.3) is 5.69 Å². The third kappa shape index (κ3) is 3.22. The van der Waals surface area contributed by atoms with Crippen LogP contribution in [0.15, 0.2) is 48.5 Å². The van der Waals surface area contributed by atoms with Gasteiger partial charge in [0.1, 0.15) is 5.82 Å². The summed E-state index contributed by atoms with van der Waals surface area (Å²) in [6.07, 6.45) is 0. The molecule has 3 aromatic rings. The molecular formula is C16H12ClFN4O. The minimum absolute atomic E-state index is 0.0352. The summed E-state index contributed by atoms with van der Waals surface area (Å²) < 4.78 is 13.8. The van der Waals surface area contributed by atoms with Gasteiger partial charge in [0.05, 0.1) is 17.1 Å². The predicted molar refractivity (Wildman–Crippen MR) is 85.5 cm³/mol. The summed E-state index contributed by atoms with van der Waals surface area (Å²) in [7, 11) is 0. The van der Waals surface area contributed by atoms with Gasteiger partial charge >= 0.3 is 0 Å². The summed E-state index contributed by atoms with van der Waals surface area (Å²) in [5, 5.41) is 11.1. The molecule has 1 heterocycles. The molecule has 7 heteroatoms. The van der Waals surface area contributed by atoms with Crippen molar-refractivity contribution in [3.8, 4) is 5.69 Å². The normalized spacial score (nSPS) is 10.6. The lowest BCUT2D eigenvalue weighted by Crippen LogP contribution is -2.15. The highest BCUT2D eigenvalue weighted by molar-refractivity contribution is 6.30. The lowest BCUT2D eigenvalue weighted by molar-refractivity contribution is 0.102. The molecule has 116 valence electrons. The van der Waals surface area contributed by atoms with E-state index in [0.717, 1.165) is 11.8 Å². The van der Waals surface area contributed by atoms with Gasteiger partial charge in [-0.3, -0.25) is 4.79 Å². The molecular weight excluding hydrogens is 319 g/mol. The molecule has 0 aliphatic rings. The van der Waals surface area contributed by atoms with Gasteiger partial charge in [-0.2, -0.15) is 9.90 Å². The number of anilines is 1. The van der Waals surface area contributed by atoms with Gasteiger partial charge in [-0.25, -0.2) is 4.39 Å². The van der Waals surface area contributed by atoms with Crippen LogP contribution in [0.3, 0.4) is 0 Å². The van der Waals surface area contributed by atoms with Crippen LogP contribution in [0.5, 0.6) is 0 Å². The zero-order valence-electron chi connectivity index (χ0n) is 12.1. The number of rotatable bonds is 3. The molecule has 1 aromatic heterocycles. The molecule has 0 aliphatic heterocycles. The summed E-state index contributed by atoms with van der Waals surface area (Å²) in [6, 6.07) is 13.2. The molecule has 0 fully saturated rings. The van der Waals surface area contributed by atoms with Crippen LogP contribution in [0.4, 0.5) is 10.1 Å². The molecule has 0 saturated carbocycles. The van der Waals surface area contributed by atoms with E-state index in [-0.39, 0.29) is 16.4 Å². The minimum Gasteiger partial charge on any atom is -0.318 e. The zero-order chi connectivity index (χ0) is 16.4. The van der Waals surface area contributed by atoms with Crippen molar-refractivity contribution < 1.29 is 9.18 Å². The largest absolute Gasteiger partial charge is 0.318 e. The number of aromatic nitrogens is 3. The Labute approximate surface area is 136 Å². The van der Waals surface area contributed by atoms with E-state index in [0.29, 0.717) is 5.69 Å². The number of hydrogen-bond donors (Lipinski definition) is 1. The first-order valence-electron chi connectivity index (χ1n) is 6.80. The molecule has 0 unspecified atom stereocenters. The molecule has 0 saturated heterocycles. The van der Waals surface area contributed by atoms with Crippen molar-refractivity contribution in [1.29, 1.82) is 0 Å². The average molecular weight is 331 g/mol. The lowest BCUT2D eigenvalue weighted by atomic mass is 10.2. The Morgan fingerprint density at radius 2 is 1.91 bits per heavy atom. The summed E-state index contributed by atoms with van der Waals surface area (Å²) >= 11 is 5.69. The monoisotopic (exact) mass is 330 g/mol. The fraction of sp³-hybridized carbons (Fsp3) is 0.0625. The van der Waals surface area contributed by atoms with E-state index in [9.17, 15) is 9.18 Å². The summed E-state index contributed by atoms with van der Waals surface area (Å²) in [5.41, 5.74) is 1.34. The maximum absolute atomic E-state index is 13.8. The third-order valence-corrected chi connectivity index (χ3v) is 3.40. The van der Waals surface area contributed by atoms with Gasteiger partial charge in [0.2, 0.25) is 0 Å². The molecule has 1 amide bonds. The van der Waals surface area contributed by atoms with Gasteiger partial charge in [-0.05, 0) is 37.3 Å². The highest BCUT2D eigenvalue weighted by atomic mass is 35.5. The van der Waals surface area contributed by atoms with Crippen molar-refractivity contribution in [3.05, 3.63) is 70.8 Å². The van der Waals surface area contributed by atoms with Crippen LogP contribution in [-0.2, 0) is 0 Å². The summed E-state index contributed by atoms with van der Waals surface area (Å²) in [5.74, 6) is -1.15. The zero-order valence-corrected chi connectivity index (χ0v) is 12.9. The number of amides is 1. The van der Waals surface area contributed by atoms with Crippen LogP contribution in [0.2, 0.25) is 5.02 Å². The third-order valence-electron chi connectivity index (χ3n) is 3.16. The number of benzene rings is 2. The number of carbonyl (C=O) groups is 1. The Kier molecular flexibility index (Phi) is 4.08. The Hall–Kier alpha value is -2.73. The average Bonchev–Trinajstić information content (AvgIpc) is 2.93. The second-order valence-corrected chi connectivity index (χ2v) is 5.27. The molecule has 0 radical (unpaired) electrons. The fourth-order valence-electron chi connectivity index (χ4n) is 2.04. The Morgan fingerprint density at radius 1 is 1.17 bits per heavy atom. The van der Waals surface area contributed by atoms with Gasteiger partial charge in [-0.15, -0.1) is 5.10 Å². The minimum atomic E-state index is -0.612. The second-order valence-electron chi connectivity index (χ2n) is 4.84. The maximum atomic E-state index is 13.8. The quantitative estimate of drug-likeness (QED) is 0.798. The second kappa shape index (κ2) is 6.18. The van der Waals surface area contributed by atoms with E-state index in [1.54, 1.807) is 6.92 Å². The molecule has 0 spiro atoms. The number of carbonyl (C=O) groups excluding carboxylic acids is 1. The number of aryl methyl sites for hydroxylation is 1.